The van der Waals surface area contributed by atoms with Crippen LogP contribution in [0.3, 0.4) is 0 Å². The summed E-state index contributed by atoms with van der Waals surface area (Å²) in [5, 5.41) is 9.67. The molecule has 0 heterocycles. The molecule has 0 atom stereocenters. The molecule has 0 amide bonds. The third-order valence-electron chi connectivity index (χ3n) is 1.92. The molecule has 0 saturated heterocycles. The minimum absolute atomic E-state index is 0.362. The van der Waals surface area contributed by atoms with E-state index in [9.17, 15) is 5.11 Å². The molecule has 66 valence electrons. The lowest BCUT2D eigenvalue weighted by Gasteiger charge is -2.10. The zero-order valence-electron chi connectivity index (χ0n) is 7.56. The van der Waals surface area contributed by atoms with E-state index in [1.165, 1.54) is 0 Å². The van der Waals surface area contributed by atoms with E-state index in [4.69, 9.17) is 0 Å². The lowest BCUT2D eigenvalue weighted by atomic mass is 10.00. The first kappa shape index (κ1) is 9.59. The number of halogens is 1. The van der Waals surface area contributed by atoms with Gasteiger partial charge in [-0.05, 0) is 36.1 Å². The van der Waals surface area contributed by atoms with Crippen molar-refractivity contribution >= 4 is 15.9 Å². The second-order valence-corrected chi connectivity index (χ2v) is 4.23. The maximum Gasteiger partial charge on any atom is 0.122 e. The van der Waals surface area contributed by atoms with E-state index in [0.29, 0.717) is 11.7 Å². The van der Waals surface area contributed by atoms with E-state index in [1.54, 1.807) is 0 Å². The summed E-state index contributed by atoms with van der Waals surface area (Å²) >= 11 is 3.40. The predicted octanol–water partition coefficient (Wildman–Crippen LogP) is 3.59. The Kier molecular flexibility index (Phi) is 2.78. The van der Waals surface area contributed by atoms with Crippen molar-refractivity contribution in [3.63, 3.8) is 0 Å². The number of rotatable bonds is 1. The molecule has 1 N–H and O–H groups in total. The van der Waals surface area contributed by atoms with E-state index >= 15 is 0 Å². The average molecular weight is 229 g/mol. The highest BCUT2D eigenvalue weighted by molar-refractivity contribution is 9.10. The fraction of sp³-hybridized carbons (Fsp3) is 0.400. The van der Waals surface area contributed by atoms with E-state index in [0.717, 1.165) is 15.6 Å². The molecule has 0 spiro atoms. The molecule has 0 aliphatic carbocycles. The van der Waals surface area contributed by atoms with Crippen LogP contribution in [-0.2, 0) is 0 Å². The highest BCUT2D eigenvalue weighted by Gasteiger charge is 2.08. The first-order chi connectivity index (χ1) is 5.52. The van der Waals surface area contributed by atoms with Crippen LogP contribution in [0.15, 0.2) is 16.6 Å². The van der Waals surface area contributed by atoms with Crippen molar-refractivity contribution in [2.24, 2.45) is 0 Å². The number of benzene rings is 1. The monoisotopic (exact) mass is 228 g/mol. The summed E-state index contributed by atoms with van der Waals surface area (Å²) in [6.07, 6.45) is 0. The molecule has 0 aromatic heterocycles. The van der Waals surface area contributed by atoms with Crippen LogP contribution in [0.25, 0.3) is 0 Å². The molecule has 0 aliphatic rings. The van der Waals surface area contributed by atoms with E-state index in [-0.39, 0.29) is 0 Å². The van der Waals surface area contributed by atoms with Gasteiger partial charge in [0.15, 0.2) is 0 Å². The molecule has 1 aromatic rings. The molecule has 2 heteroatoms. The Bertz CT molecular complexity index is 292. The lowest BCUT2D eigenvalue weighted by Crippen LogP contribution is -1.90. The molecule has 0 unspecified atom stereocenters. The van der Waals surface area contributed by atoms with Gasteiger partial charge in [-0.25, -0.2) is 0 Å². The van der Waals surface area contributed by atoms with Crippen molar-refractivity contribution in [1.29, 1.82) is 0 Å². The number of hydrogen-bond acceptors (Lipinski definition) is 1. The Morgan fingerprint density at radius 3 is 2.42 bits per heavy atom. The average Bonchev–Trinajstić information content (AvgIpc) is 1.96. The van der Waals surface area contributed by atoms with E-state index in [1.807, 2.05) is 19.1 Å². The lowest BCUT2D eigenvalue weighted by molar-refractivity contribution is 0.460. The van der Waals surface area contributed by atoms with Crippen LogP contribution in [-0.4, -0.2) is 5.11 Å². The number of aromatic hydroxyl groups is 1. The van der Waals surface area contributed by atoms with Gasteiger partial charge < -0.3 is 5.11 Å². The summed E-state index contributed by atoms with van der Waals surface area (Å²) in [6.45, 7) is 6.05. The minimum atomic E-state index is 0.362. The summed E-state index contributed by atoms with van der Waals surface area (Å²) in [5.41, 5.74) is 1.93. The van der Waals surface area contributed by atoms with Crippen molar-refractivity contribution in [2.45, 2.75) is 26.7 Å². The molecule has 0 aliphatic heterocycles. The second kappa shape index (κ2) is 3.48. The van der Waals surface area contributed by atoms with Crippen LogP contribution in [0.2, 0.25) is 0 Å². The quantitative estimate of drug-likeness (QED) is 0.780. The number of phenolic OH excluding ortho intramolecular Hbond substituents is 1. The summed E-state index contributed by atoms with van der Waals surface area (Å²) < 4.78 is 1.03. The Morgan fingerprint density at radius 1 is 1.33 bits per heavy atom. The molecule has 1 aromatic carbocycles. The summed E-state index contributed by atoms with van der Waals surface area (Å²) in [4.78, 5) is 0. The molecule has 0 radical (unpaired) electrons. The summed E-state index contributed by atoms with van der Waals surface area (Å²) in [5.74, 6) is 0.786. The summed E-state index contributed by atoms with van der Waals surface area (Å²) in [7, 11) is 0. The fourth-order valence-corrected chi connectivity index (χ4v) is 1.79. The number of aryl methyl sites for hydroxylation is 1. The van der Waals surface area contributed by atoms with Crippen LogP contribution < -0.4 is 0 Å². The van der Waals surface area contributed by atoms with Crippen LogP contribution in [0.1, 0.15) is 30.9 Å². The third kappa shape index (κ3) is 1.81. The van der Waals surface area contributed by atoms with Gasteiger partial charge >= 0.3 is 0 Å². The molecule has 0 fully saturated rings. The van der Waals surface area contributed by atoms with Gasteiger partial charge in [-0.2, -0.15) is 0 Å². The van der Waals surface area contributed by atoms with Crippen LogP contribution in [0.5, 0.6) is 5.75 Å². The van der Waals surface area contributed by atoms with E-state index in [2.05, 4.69) is 29.8 Å². The Morgan fingerprint density at radius 2 is 1.92 bits per heavy atom. The van der Waals surface area contributed by atoms with Crippen molar-refractivity contribution in [2.75, 3.05) is 0 Å². The van der Waals surface area contributed by atoms with Crippen molar-refractivity contribution < 1.29 is 5.11 Å². The summed E-state index contributed by atoms with van der Waals surface area (Å²) in [6, 6.07) is 3.88. The number of hydrogen-bond donors (Lipinski definition) is 1. The highest BCUT2D eigenvalue weighted by Crippen LogP contribution is 2.31. The zero-order chi connectivity index (χ0) is 9.30. The number of phenols is 1. The van der Waals surface area contributed by atoms with Crippen molar-refractivity contribution in [3.8, 4) is 5.75 Å². The topological polar surface area (TPSA) is 20.2 Å². The molecular formula is C10H13BrO. The normalized spacial score (nSPS) is 10.8. The van der Waals surface area contributed by atoms with Crippen LogP contribution >= 0.6 is 15.9 Å². The van der Waals surface area contributed by atoms with Gasteiger partial charge in [0.1, 0.15) is 5.75 Å². The maximum absolute atomic E-state index is 9.67. The Hall–Kier alpha value is -0.500. The second-order valence-electron chi connectivity index (χ2n) is 3.32. The molecule has 12 heavy (non-hydrogen) atoms. The van der Waals surface area contributed by atoms with Crippen LogP contribution in [0, 0.1) is 6.92 Å². The molecular weight excluding hydrogens is 216 g/mol. The van der Waals surface area contributed by atoms with Crippen LogP contribution in [0.4, 0.5) is 0 Å². The standard InChI is InChI=1S/C10H13BrO/c1-6(2)9-5-8(11)4-7(3)10(9)12/h4-6,12H,1-3H3. The maximum atomic E-state index is 9.67. The van der Waals surface area contributed by atoms with Gasteiger partial charge in [-0.3, -0.25) is 0 Å². The highest BCUT2D eigenvalue weighted by atomic mass is 79.9. The first-order valence-electron chi connectivity index (χ1n) is 4.01. The minimum Gasteiger partial charge on any atom is -0.507 e. The van der Waals surface area contributed by atoms with Gasteiger partial charge in [0.2, 0.25) is 0 Å². The van der Waals surface area contributed by atoms with Crippen molar-refractivity contribution in [3.05, 3.63) is 27.7 Å². The molecule has 1 rings (SSSR count). The first-order valence-corrected chi connectivity index (χ1v) is 4.80. The predicted molar refractivity (Wildman–Crippen MR) is 54.6 cm³/mol. The third-order valence-corrected chi connectivity index (χ3v) is 2.37. The fourth-order valence-electron chi connectivity index (χ4n) is 1.20. The van der Waals surface area contributed by atoms with Gasteiger partial charge in [0.25, 0.3) is 0 Å². The SMILES string of the molecule is Cc1cc(Br)cc(C(C)C)c1O. The Balaban J connectivity index is 3.28. The van der Waals surface area contributed by atoms with Gasteiger partial charge in [0.05, 0.1) is 0 Å². The van der Waals surface area contributed by atoms with Gasteiger partial charge in [0, 0.05) is 4.47 Å². The largest absolute Gasteiger partial charge is 0.507 e. The molecule has 1 nitrogen and oxygen atoms in total. The van der Waals surface area contributed by atoms with Gasteiger partial charge in [-0.15, -0.1) is 0 Å². The van der Waals surface area contributed by atoms with Crippen molar-refractivity contribution in [1.82, 2.24) is 0 Å². The molecule has 0 bridgehead atoms. The van der Waals surface area contributed by atoms with Gasteiger partial charge in [-0.1, -0.05) is 29.8 Å². The smallest absolute Gasteiger partial charge is 0.122 e. The van der Waals surface area contributed by atoms with E-state index < -0.39 is 0 Å². The zero-order valence-corrected chi connectivity index (χ0v) is 9.14. The Labute approximate surface area is 81.6 Å². The molecule has 0 saturated carbocycles.